The van der Waals surface area contributed by atoms with Crippen LogP contribution in [0.5, 0.6) is 0 Å². The van der Waals surface area contributed by atoms with E-state index in [4.69, 9.17) is 0 Å². The van der Waals surface area contributed by atoms with Crippen molar-refractivity contribution in [1.29, 1.82) is 0 Å². The van der Waals surface area contributed by atoms with Crippen LogP contribution in [0, 0.1) is 0 Å². The highest BCUT2D eigenvalue weighted by Gasteiger charge is 2.21. The molecule has 0 amide bonds. The SMILES string of the molecule is CCN(CC)c1ccc(CC(C(=O)O)c2cccs2)cc1. The fourth-order valence-corrected chi connectivity index (χ4v) is 3.29. The maximum Gasteiger partial charge on any atom is 0.312 e. The first kappa shape index (κ1) is 15.6. The van der Waals surface area contributed by atoms with Crippen LogP contribution in [0.2, 0.25) is 0 Å². The van der Waals surface area contributed by atoms with Crippen molar-refractivity contribution in [3.8, 4) is 0 Å². The Morgan fingerprint density at radius 2 is 1.86 bits per heavy atom. The molecule has 2 aromatic rings. The topological polar surface area (TPSA) is 40.5 Å². The summed E-state index contributed by atoms with van der Waals surface area (Å²) in [5.74, 6) is -1.21. The van der Waals surface area contributed by atoms with Gasteiger partial charge in [0, 0.05) is 23.7 Å². The molecule has 0 aliphatic rings. The first-order chi connectivity index (χ1) is 10.2. The Labute approximate surface area is 129 Å². The van der Waals surface area contributed by atoms with Crippen LogP contribution in [-0.2, 0) is 11.2 Å². The molecule has 0 fully saturated rings. The first-order valence-corrected chi connectivity index (χ1v) is 8.13. The van der Waals surface area contributed by atoms with Crippen molar-refractivity contribution in [2.45, 2.75) is 26.2 Å². The number of thiophene rings is 1. The van der Waals surface area contributed by atoms with Crippen molar-refractivity contribution in [3.05, 3.63) is 52.2 Å². The molecule has 0 saturated heterocycles. The number of anilines is 1. The van der Waals surface area contributed by atoms with Crippen molar-refractivity contribution in [2.75, 3.05) is 18.0 Å². The van der Waals surface area contributed by atoms with Crippen LogP contribution in [0.25, 0.3) is 0 Å². The van der Waals surface area contributed by atoms with Crippen LogP contribution < -0.4 is 4.90 Å². The van der Waals surface area contributed by atoms with Crippen LogP contribution in [0.3, 0.4) is 0 Å². The zero-order valence-electron chi connectivity index (χ0n) is 12.5. The number of hydrogen-bond acceptors (Lipinski definition) is 3. The fourth-order valence-electron chi connectivity index (χ4n) is 2.47. The van der Waals surface area contributed by atoms with Crippen LogP contribution >= 0.6 is 11.3 Å². The number of carboxylic acids is 1. The summed E-state index contributed by atoms with van der Waals surface area (Å²) in [7, 11) is 0. The molecule has 1 N–H and O–H groups in total. The van der Waals surface area contributed by atoms with Gasteiger partial charge in [-0.05, 0) is 49.4 Å². The van der Waals surface area contributed by atoms with Crippen molar-refractivity contribution in [2.24, 2.45) is 0 Å². The molecule has 0 bridgehead atoms. The zero-order valence-corrected chi connectivity index (χ0v) is 13.3. The molecular weight excluding hydrogens is 282 g/mol. The van der Waals surface area contributed by atoms with E-state index in [1.54, 1.807) is 0 Å². The van der Waals surface area contributed by atoms with E-state index in [0.717, 1.165) is 23.5 Å². The summed E-state index contributed by atoms with van der Waals surface area (Å²) in [5.41, 5.74) is 2.25. The van der Waals surface area contributed by atoms with Gasteiger partial charge in [0.15, 0.2) is 0 Å². The number of rotatable bonds is 7. The van der Waals surface area contributed by atoms with Gasteiger partial charge in [0.25, 0.3) is 0 Å². The number of aliphatic carboxylic acids is 1. The molecule has 1 atom stereocenters. The lowest BCUT2D eigenvalue weighted by atomic mass is 9.97. The minimum atomic E-state index is -0.759. The van der Waals surface area contributed by atoms with E-state index in [1.165, 1.54) is 17.0 Å². The lowest BCUT2D eigenvalue weighted by molar-refractivity contribution is -0.138. The minimum absolute atomic E-state index is 0.454. The molecule has 0 spiro atoms. The molecule has 1 aromatic heterocycles. The molecule has 0 saturated carbocycles. The third kappa shape index (κ3) is 3.85. The number of hydrogen-bond donors (Lipinski definition) is 1. The Kier molecular flexibility index (Phi) is 5.39. The van der Waals surface area contributed by atoms with Gasteiger partial charge in [0.1, 0.15) is 0 Å². The lowest BCUT2D eigenvalue weighted by Crippen LogP contribution is -2.21. The Morgan fingerprint density at radius 1 is 1.19 bits per heavy atom. The molecular formula is C17H21NO2S. The molecule has 0 aliphatic carbocycles. The largest absolute Gasteiger partial charge is 0.481 e. The van der Waals surface area contributed by atoms with Gasteiger partial charge < -0.3 is 10.0 Å². The smallest absolute Gasteiger partial charge is 0.312 e. The molecule has 4 heteroatoms. The quantitative estimate of drug-likeness (QED) is 0.840. The molecule has 0 radical (unpaired) electrons. The van der Waals surface area contributed by atoms with Crippen molar-refractivity contribution in [3.63, 3.8) is 0 Å². The maximum absolute atomic E-state index is 11.5. The summed E-state index contributed by atoms with van der Waals surface area (Å²) in [6.45, 7) is 6.22. The number of nitrogens with zero attached hydrogens (tertiary/aromatic N) is 1. The van der Waals surface area contributed by atoms with E-state index in [1.807, 2.05) is 29.6 Å². The predicted octanol–water partition coefficient (Wildman–Crippen LogP) is 4.01. The number of carboxylic acid groups (broad SMARTS) is 1. The molecule has 1 aromatic carbocycles. The van der Waals surface area contributed by atoms with E-state index >= 15 is 0 Å². The summed E-state index contributed by atoms with van der Waals surface area (Å²) >= 11 is 1.50. The van der Waals surface area contributed by atoms with Crippen LogP contribution in [0.1, 0.15) is 30.2 Å². The third-order valence-corrected chi connectivity index (χ3v) is 4.68. The average molecular weight is 303 g/mol. The van der Waals surface area contributed by atoms with E-state index in [2.05, 4.69) is 30.9 Å². The van der Waals surface area contributed by atoms with Crippen molar-refractivity contribution in [1.82, 2.24) is 0 Å². The van der Waals surface area contributed by atoms with Crippen LogP contribution in [0.15, 0.2) is 41.8 Å². The Bertz CT molecular complexity index is 559. The van der Waals surface area contributed by atoms with Gasteiger partial charge in [0.2, 0.25) is 0 Å². The summed E-state index contributed by atoms with van der Waals surface area (Å²) in [5, 5.41) is 11.3. The normalized spacial score (nSPS) is 12.1. The molecule has 0 aliphatic heterocycles. The van der Waals surface area contributed by atoms with Gasteiger partial charge in [-0.1, -0.05) is 18.2 Å². The Balaban J connectivity index is 2.13. The average Bonchev–Trinajstić information content (AvgIpc) is 3.01. The van der Waals surface area contributed by atoms with Crippen LogP contribution in [0.4, 0.5) is 5.69 Å². The van der Waals surface area contributed by atoms with Gasteiger partial charge >= 0.3 is 5.97 Å². The highest BCUT2D eigenvalue weighted by molar-refractivity contribution is 7.10. The Morgan fingerprint density at radius 3 is 2.33 bits per heavy atom. The molecule has 2 rings (SSSR count). The fraction of sp³-hybridized carbons (Fsp3) is 0.353. The second kappa shape index (κ2) is 7.27. The first-order valence-electron chi connectivity index (χ1n) is 7.25. The predicted molar refractivity (Wildman–Crippen MR) is 88.4 cm³/mol. The second-order valence-corrected chi connectivity index (χ2v) is 5.93. The second-order valence-electron chi connectivity index (χ2n) is 4.95. The highest BCUT2D eigenvalue weighted by atomic mass is 32.1. The van der Waals surface area contributed by atoms with E-state index in [-0.39, 0.29) is 0 Å². The van der Waals surface area contributed by atoms with E-state index in [0.29, 0.717) is 6.42 Å². The van der Waals surface area contributed by atoms with Gasteiger partial charge in [-0.3, -0.25) is 4.79 Å². The van der Waals surface area contributed by atoms with E-state index in [9.17, 15) is 9.90 Å². The number of benzene rings is 1. The van der Waals surface area contributed by atoms with Gasteiger partial charge in [0.05, 0.1) is 5.92 Å². The summed E-state index contributed by atoms with van der Waals surface area (Å²) in [6, 6.07) is 12.0. The Hall–Kier alpha value is -1.81. The van der Waals surface area contributed by atoms with Crippen molar-refractivity contribution < 1.29 is 9.90 Å². The summed E-state index contributed by atoms with van der Waals surface area (Å²) in [6.07, 6.45) is 0.536. The standard InChI is InChI=1S/C17H21NO2S/c1-3-18(4-2)14-9-7-13(8-10-14)12-15(17(19)20)16-6-5-11-21-16/h5-11,15H,3-4,12H2,1-2H3,(H,19,20). The number of carbonyl (C=O) groups is 1. The zero-order chi connectivity index (χ0) is 15.2. The lowest BCUT2D eigenvalue weighted by Gasteiger charge is -2.21. The highest BCUT2D eigenvalue weighted by Crippen LogP contribution is 2.26. The molecule has 3 nitrogen and oxygen atoms in total. The minimum Gasteiger partial charge on any atom is -0.481 e. The summed E-state index contributed by atoms with van der Waals surface area (Å²) in [4.78, 5) is 14.7. The van der Waals surface area contributed by atoms with Crippen LogP contribution in [-0.4, -0.2) is 24.2 Å². The van der Waals surface area contributed by atoms with Crippen molar-refractivity contribution >= 4 is 23.0 Å². The van der Waals surface area contributed by atoms with Gasteiger partial charge in [-0.2, -0.15) is 0 Å². The van der Waals surface area contributed by atoms with Gasteiger partial charge in [-0.25, -0.2) is 0 Å². The maximum atomic E-state index is 11.5. The molecule has 1 heterocycles. The third-order valence-electron chi connectivity index (χ3n) is 3.69. The summed E-state index contributed by atoms with van der Waals surface area (Å²) < 4.78 is 0. The molecule has 1 unspecified atom stereocenters. The van der Waals surface area contributed by atoms with E-state index < -0.39 is 11.9 Å². The molecule has 112 valence electrons. The molecule has 21 heavy (non-hydrogen) atoms. The monoisotopic (exact) mass is 303 g/mol. The van der Waals surface area contributed by atoms with Gasteiger partial charge in [-0.15, -0.1) is 11.3 Å².